The third-order valence-corrected chi connectivity index (χ3v) is 6.06. The summed E-state index contributed by atoms with van der Waals surface area (Å²) in [6.45, 7) is 6.84. The number of carbonyl (C=O) groups is 2. The quantitative estimate of drug-likeness (QED) is 0.512. The SMILES string of the molecule is CCNC(=NCC1(C(=O)N(C)C)CCCC1)NCCC(=O)N1CCCCC1C. The van der Waals surface area contributed by atoms with E-state index in [0.717, 1.165) is 51.6 Å². The molecular weight excluding hydrogens is 354 g/mol. The highest BCUT2D eigenvalue weighted by atomic mass is 16.2. The number of rotatable bonds is 7. The second-order valence-electron chi connectivity index (χ2n) is 8.49. The molecule has 160 valence electrons. The lowest BCUT2D eigenvalue weighted by atomic mass is 9.85. The van der Waals surface area contributed by atoms with Crippen LogP contribution in [0.1, 0.15) is 65.2 Å². The number of aliphatic imine (C=N–C) groups is 1. The highest BCUT2D eigenvalue weighted by molar-refractivity contribution is 5.84. The Kier molecular flexibility index (Phi) is 8.58. The molecule has 0 aromatic heterocycles. The van der Waals surface area contributed by atoms with E-state index in [1.54, 1.807) is 4.90 Å². The van der Waals surface area contributed by atoms with Gasteiger partial charge in [0, 0.05) is 46.2 Å². The van der Waals surface area contributed by atoms with Crippen molar-refractivity contribution in [3.8, 4) is 0 Å². The van der Waals surface area contributed by atoms with Crippen LogP contribution in [0.15, 0.2) is 4.99 Å². The van der Waals surface area contributed by atoms with Crippen molar-refractivity contribution >= 4 is 17.8 Å². The van der Waals surface area contributed by atoms with E-state index in [2.05, 4.69) is 17.6 Å². The summed E-state index contributed by atoms with van der Waals surface area (Å²) in [5, 5.41) is 6.52. The van der Waals surface area contributed by atoms with Crippen LogP contribution >= 0.6 is 0 Å². The largest absolute Gasteiger partial charge is 0.357 e. The zero-order chi connectivity index (χ0) is 20.6. The summed E-state index contributed by atoms with van der Waals surface area (Å²) in [6, 6.07) is 0.349. The first-order valence-corrected chi connectivity index (χ1v) is 10.9. The fourth-order valence-electron chi connectivity index (χ4n) is 4.44. The zero-order valence-electron chi connectivity index (χ0n) is 18.2. The first-order valence-electron chi connectivity index (χ1n) is 10.9. The molecule has 1 aliphatic heterocycles. The minimum Gasteiger partial charge on any atom is -0.357 e. The van der Waals surface area contributed by atoms with Gasteiger partial charge >= 0.3 is 0 Å². The van der Waals surface area contributed by atoms with Crippen LogP contribution < -0.4 is 10.6 Å². The van der Waals surface area contributed by atoms with Crippen LogP contribution in [-0.4, -0.2) is 73.9 Å². The van der Waals surface area contributed by atoms with Crippen LogP contribution in [0.2, 0.25) is 0 Å². The monoisotopic (exact) mass is 393 g/mol. The van der Waals surface area contributed by atoms with E-state index in [-0.39, 0.29) is 17.2 Å². The fourth-order valence-corrected chi connectivity index (χ4v) is 4.44. The third-order valence-electron chi connectivity index (χ3n) is 6.06. The predicted octanol–water partition coefficient (Wildman–Crippen LogP) is 1.98. The average Bonchev–Trinajstić information content (AvgIpc) is 3.15. The molecule has 0 aromatic rings. The van der Waals surface area contributed by atoms with Gasteiger partial charge in [0.25, 0.3) is 0 Å². The number of likely N-dealkylation sites (tertiary alicyclic amines) is 1. The van der Waals surface area contributed by atoms with Gasteiger partial charge in [-0.2, -0.15) is 0 Å². The number of hydrogen-bond acceptors (Lipinski definition) is 3. The summed E-state index contributed by atoms with van der Waals surface area (Å²) >= 11 is 0. The maximum atomic E-state index is 12.7. The molecule has 2 rings (SSSR count). The van der Waals surface area contributed by atoms with Gasteiger partial charge in [0.1, 0.15) is 0 Å². The van der Waals surface area contributed by atoms with Crippen molar-refractivity contribution < 1.29 is 9.59 Å². The topological polar surface area (TPSA) is 77.0 Å². The summed E-state index contributed by atoms with van der Waals surface area (Å²) in [5.41, 5.74) is -0.370. The van der Waals surface area contributed by atoms with Gasteiger partial charge in [0.2, 0.25) is 11.8 Å². The van der Waals surface area contributed by atoms with E-state index >= 15 is 0 Å². The first-order chi connectivity index (χ1) is 13.4. The molecule has 2 amide bonds. The number of nitrogens with zero attached hydrogens (tertiary/aromatic N) is 3. The summed E-state index contributed by atoms with van der Waals surface area (Å²) in [7, 11) is 3.64. The molecule has 2 fully saturated rings. The lowest BCUT2D eigenvalue weighted by Gasteiger charge is -2.33. The van der Waals surface area contributed by atoms with Crippen molar-refractivity contribution in [2.45, 2.75) is 71.3 Å². The van der Waals surface area contributed by atoms with Crippen LogP contribution in [-0.2, 0) is 9.59 Å². The molecule has 7 nitrogen and oxygen atoms in total. The lowest BCUT2D eigenvalue weighted by molar-refractivity contribution is -0.138. The standard InChI is InChI=1S/C21H39N5O2/c1-5-22-20(23-14-11-18(27)26-15-9-6-10-17(26)2)24-16-21(12-7-8-13-21)19(28)25(3)4/h17H,5-16H2,1-4H3,(H2,22,23,24). The first kappa shape index (κ1) is 22.5. The smallest absolute Gasteiger partial charge is 0.230 e. The average molecular weight is 394 g/mol. The van der Waals surface area contributed by atoms with Gasteiger partial charge in [0.05, 0.1) is 12.0 Å². The normalized spacial score (nSPS) is 22.1. The Labute approximate surface area is 170 Å². The number of hydrogen-bond donors (Lipinski definition) is 2. The third kappa shape index (κ3) is 5.85. The van der Waals surface area contributed by atoms with Gasteiger partial charge in [-0.25, -0.2) is 0 Å². The zero-order valence-corrected chi connectivity index (χ0v) is 18.2. The van der Waals surface area contributed by atoms with Crippen molar-refractivity contribution in [1.82, 2.24) is 20.4 Å². The van der Waals surface area contributed by atoms with Crippen LogP contribution in [0.5, 0.6) is 0 Å². The molecule has 0 radical (unpaired) electrons. The molecule has 7 heteroatoms. The van der Waals surface area contributed by atoms with Gasteiger partial charge in [-0.1, -0.05) is 12.8 Å². The summed E-state index contributed by atoms with van der Waals surface area (Å²) in [5.74, 6) is 1.09. The minimum absolute atomic E-state index is 0.180. The number of nitrogens with one attached hydrogen (secondary N) is 2. The van der Waals surface area contributed by atoms with E-state index in [1.807, 2.05) is 25.9 Å². The van der Waals surface area contributed by atoms with Crippen LogP contribution in [0.4, 0.5) is 0 Å². The summed E-state index contributed by atoms with van der Waals surface area (Å²) in [6.07, 6.45) is 7.87. The highest BCUT2D eigenvalue weighted by Crippen LogP contribution is 2.39. The van der Waals surface area contributed by atoms with Gasteiger partial charge in [0.15, 0.2) is 5.96 Å². The van der Waals surface area contributed by atoms with Gasteiger partial charge < -0.3 is 20.4 Å². The molecule has 2 aliphatic rings. The number of piperidine rings is 1. The molecule has 1 unspecified atom stereocenters. The highest BCUT2D eigenvalue weighted by Gasteiger charge is 2.42. The van der Waals surface area contributed by atoms with E-state index in [9.17, 15) is 9.59 Å². The van der Waals surface area contributed by atoms with Gasteiger partial charge in [-0.3, -0.25) is 14.6 Å². The Bertz CT molecular complexity index is 555. The molecule has 1 saturated carbocycles. The van der Waals surface area contributed by atoms with E-state index in [1.165, 1.54) is 6.42 Å². The Morgan fingerprint density at radius 3 is 2.46 bits per heavy atom. The molecule has 1 saturated heterocycles. The molecule has 0 spiro atoms. The van der Waals surface area contributed by atoms with Crippen molar-refractivity contribution in [3.05, 3.63) is 0 Å². The Morgan fingerprint density at radius 2 is 1.86 bits per heavy atom. The summed E-state index contributed by atoms with van der Waals surface area (Å²) in [4.78, 5) is 33.6. The van der Waals surface area contributed by atoms with Gasteiger partial charge in [-0.15, -0.1) is 0 Å². The molecule has 2 N–H and O–H groups in total. The molecule has 0 aromatic carbocycles. The molecular formula is C21H39N5O2. The second-order valence-corrected chi connectivity index (χ2v) is 8.49. The van der Waals surface area contributed by atoms with Crippen molar-refractivity contribution in [3.63, 3.8) is 0 Å². The van der Waals surface area contributed by atoms with Crippen LogP contribution in [0.25, 0.3) is 0 Å². The fraction of sp³-hybridized carbons (Fsp3) is 0.857. The minimum atomic E-state index is -0.370. The number of amides is 2. The van der Waals surface area contributed by atoms with E-state index < -0.39 is 0 Å². The van der Waals surface area contributed by atoms with Crippen molar-refractivity contribution in [2.24, 2.45) is 10.4 Å². The molecule has 1 heterocycles. The number of guanidine groups is 1. The molecule has 1 atom stereocenters. The molecule has 0 bridgehead atoms. The van der Waals surface area contributed by atoms with Crippen molar-refractivity contribution in [2.75, 3.05) is 40.3 Å². The lowest BCUT2D eigenvalue weighted by Crippen LogP contribution is -2.45. The Balaban J connectivity index is 1.90. The maximum absolute atomic E-state index is 12.7. The number of carbonyl (C=O) groups excluding carboxylic acids is 2. The molecule has 1 aliphatic carbocycles. The van der Waals surface area contributed by atoms with Crippen LogP contribution in [0.3, 0.4) is 0 Å². The summed E-state index contributed by atoms with van der Waals surface area (Å²) < 4.78 is 0. The predicted molar refractivity (Wildman–Crippen MR) is 113 cm³/mol. The Morgan fingerprint density at radius 1 is 1.14 bits per heavy atom. The Hall–Kier alpha value is -1.79. The maximum Gasteiger partial charge on any atom is 0.230 e. The second kappa shape index (κ2) is 10.7. The van der Waals surface area contributed by atoms with Crippen LogP contribution in [0, 0.1) is 5.41 Å². The van der Waals surface area contributed by atoms with Gasteiger partial charge in [-0.05, 0) is 46.0 Å². The van der Waals surface area contributed by atoms with E-state index in [0.29, 0.717) is 31.5 Å². The van der Waals surface area contributed by atoms with E-state index in [4.69, 9.17) is 4.99 Å². The molecule has 28 heavy (non-hydrogen) atoms. The van der Waals surface area contributed by atoms with Crippen molar-refractivity contribution in [1.29, 1.82) is 0 Å².